The molecule has 5 rings (SSSR count). The van der Waals surface area contributed by atoms with Crippen molar-refractivity contribution in [2.75, 3.05) is 12.4 Å². The van der Waals surface area contributed by atoms with Gasteiger partial charge in [0.1, 0.15) is 17.3 Å². The summed E-state index contributed by atoms with van der Waals surface area (Å²) in [6.45, 7) is 0. The lowest BCUT2D eigenvalue weighted by atomic mass is 9.88. The van der Waals surface area contributed by atoms with Gasteiger partial charge in [0.05, 0.1) is 10.9 Å². The summed E-state index contributed by atoms with van der Waals surface area (Å²) in [4.78, 5) is 41.9. The zero-order chi connectivity index (χ0) is 26.7. The zero-order valence-corrected chi connectivity index (χ0v) is 20.8. The molecule has 7 nitrogen and oxygen atoms in total. The van der Waals surface area contributed by atoms with E-state index in [1.807, 2.05) is 18.2 Å². The number of hydrogen-bond donors (Lipinski definition) is 2. The number of nitrogens with one attached hydrogen (secondary N) is 2. The first-order valence-corrected chi connectivity index (χ1v) is 12.3. The number of fused-ring (bicyclic) bond motifs is 1. The first-order chi connectivity index (χ1) is 18.4. The van der Waals surface area contributed by atoms with E-state index < -0.39 is 5.41 Å². The Morgan fingerprint density at radius 2 is 1.53 bits per heavy atom. The molecule has 0 aliphatic heterocycles. The minimum absolute atomic E-state index is 0.0837. The summed E-state index contributed by atoms with van der Waals surface area (Å²) in [7, 11) is 1.54. The van der Waals surface area contributed by atoms with Gasteiger partial charge >= 0.3 is 6.03 Å². The second-order valence-electron chi connectivity index (χ2n) is 9.40. The van der Waals surface area contributed by atoms with E-state index in [1.54, 1.807) is 55.7 Å². The van der Waals surface area contributed by atoms with Gasteiger partial charge in [-0.05, 0) is 72.5 Å². The molecule has 1 aliphatic carbocycles. The van der Waals surface area contributed by atoms with E-state index in [9.17, 15) is 18.8 Å². The van der Waals surface area contributed by atoms with Crippen LogP contribution >= 0.6 is 0 Å². The highest BCUT2D eigenvalue weighted by molar-refractivity contribution is 6.11. The molecule has 2 amide bonds. The summed E-state index contributed by atoms with van der Waals surface area (Å²) in [5.74, 6) is 0.655. The molecule has 8 heteroatoms. The van der Waals surface area contributed by atoms with Crippen LogP contribution in [0.4, 0.5) is 14.9 Å². The third kappa shape index (κ3) is 5.39. The van der Waals surface area contributed by atoms with E-state index in [2.05, 4.69) is 15.6 Å². The van der Waals surface area contributed by atoms with Crippen LogP contribution in [0, 0.1) is 11.2 Å². The van der Waals surface area contributed by atoms with Crippen molar-refractivity contribution in [1.82, 2.24) is 10.3 Å². The molecule has 0 atom stereocenters. The van der Waals surface area contributed by atoms with Crippen LogP contribution in [-0.4, -0.2) is 29.6 Å². The number of aromatic nitrogens is 1. The molecule has 192 valence electrons. The highest BCUT2D eigenvalue weighted by Gasteiger charge is 2.54. The van der Waals surface area contributed by atoms with Crippen molar-refractivity contribution in [3.05, 3.63) is 95.9 Å². The number of anilines is 1. The predicted molar refractivity (Wildman–Crippen MR) is 142 cm³/mol. The molecule has 1 aliphatic rings. The van der Waals surface area contributed by atoms with Gasteiger partial charge in [-0.25, -0.2) is 9.18 Å². The van der Waals surface area contributed by atoms with Crippen molar-refractivity contribution in [3.63, 3.8) is 0 Å². The molecule has 1 aromatic heterocycles. The lowest BCUT2D eigenvalue weighted by Gasteiger charge is -2.14. The van der Waals surface area contributed by atoms with Crippen LogP contribution in [0.2, 0.25) is 0 Å². The number of ketones is 2. The largest absolute Gasteiger partial charge is 0.457 e. The molecule has 4 aromatic rings. The van der Waals surface area contributed by atoms with E-state index in [0.29, 0.717) is 41.1 Å². The highest BCUT2D eigenvalue weighted by atomic mass is 19.1. The Morgan fingerprint density at radius 3 is 2.13 bits per heavy atom. The molecular formula is C30H26FN3O4. The van der Waals surface area contributed by atoms with Crippen molar-refractivity contribution in [1.29, 1.82) is 0 Å². The SMILES string of the molecule is CNC(=O)Nc1ccc2c(Oc3ccc(CC(=O)C4(C(=O)Cc5ccc(F)cc5)CC4)cc3)ccnc2c1. The smallest absolute Gasteiger partial charge is 0.318 e. The quantitative estimate of drug-likeness (QED) is 0.284. The average molecular weight is 512 g/mol. The van der Waals surface area contributed by atoms with E-state index in [4.69, 9.17) is 4.74 Å². The fourth-order valence-corrected chi connectivity index (χ4v) is 4.43. The number of urea groups is 1. The summed E-state index contributed by atoms with van der Waals surface area (Å²) in [5.41, 5.74) is 1.86. The van der Waals surface area contributed by atoms with Gasteiger partial charge in [0.2, 0.25) is 0 Å². The first-order valence-electron chi connectivity index (χ1n) is 12.3. The predicted octanol–water partition coefficient (Wildman–Crippen LogP) is 5.62. The molecule has 1 heterocycles. The summed E-state index contributed by atoms with van der Waals surface area (Å²) in [5, 5.41) is 6.01. The van der Waals surface area contributed by atoms with Gasteiger partial charge in [-0.1, -0.05) is 24.3 Å². The number of amides is 2. The number of halogens is 1. The van der Waals surface area contributed by atoms with Crippen molar-refractivity contribution >= 4 is 34.2 Å². The van der Waals surface area contributed by atoms with Crippen molar-refractivity contribution < 1.29 is 23.5 Å². The van der Waals surface area contributed by atoms with E-state index in [-0.39, 0.29) is 36.3 Å². The van der Waals surface area contributed by atoms with Crippen molar-refractivity contribution in [3.8, 4) is 11.5 Å². The molecule has 1 saturated carbocycles. The molecule has 0 radical (unpaired) electrons. The monoisotopic (exact) mass is 511 g/mol. The molecule has 2 N–H and O–H groups in total. The van der Waals surface area contributed by atoms with E-state index in [1.165, 1.54) is 12.1 Å². The van der Waals surface area contributed by atoms with Crippen LogP contribution in [-0.2, 0) is 22.4 Å². The van der Waals surface area contributed by atoms with Gasteiger partial charge in [0, 0.05) is 37.2 Å². The number of pyridine rings is 1. The maximum atomic E-state index is 13.2. The minimum Gasteiger partial charge on any atom is -0.457 e. The number of benzene rings is 3. The number of hydrogen-bond acceptors (Lipinski definition) is 5. The number of ether oxygens (including phenoxy) is 1. The maximum absolute atomic E-state index is 13.2. The highest BCUT2D eigenvalue weighted by Crippen LogP contribution is 2.48. The Balaban J connectivity index is 1.24. The van der Waals surface area contributed by atoms with Gasteiger partial charge < -0.3 is 15.4 Å². The van der Waals surface area contributed by atoms with Gasteiger partial charge in [-0.2, -0.15) is 0 Å². The Bertz CT molecular complexity index is 1510. The average Bonchev–Trinajstić information content (AvgIpc) is 3.73. The van der Waals surface area contributed by atoms with Crippen LogP contribution in [0.5, 0.6) is 11.5 Å². The van der Waals surface area contributed by atoms with E-state index in [0.717, 1.165) is 10.9 Å². The molecular weight excluding hydrogens is 485 g/mol. The lowest BCUT2D eigenvalue weighted by molar-refractivity contribution is -0.133. The van der Waals surface area contributed by atoms with Crippen LogP contribution < -0.4 is 15.4 Å². The standard InChI is InChI=1S/C30H26FN3O4/c1-32-29(37)34-22-8-11-24-25(18-22)33-15-12-26(24)38-23-9-4-20(5-10-23)17-28(36)30(13-14-30)27(35)16-19-2-6-21(31)7-3-19/h2-12,15,18H,13-14,16-17H2,1H3,(H2,32,34,37). The topological polar surface area (TPSA) is 97.4 Å². The van der Waals surface area contributed by atoms with Crippen LogP contribution in [0.25, 0.3) is 10.9 Å². The third-order valence-electron chi connectivity index (χ3n) is 6.80. The number of carbonyl (C=O) groups is 3. The Morgan fingerprint density at radius 1 is 0.895 bits per heavy atom. The summed E-state index contributed by atoms with van der Waals surface area (Å²) < 4.78 is 19.2. The maximum Gasteiger partial charge on any atom is 0.318 e. The molecule has 0 unspecified atom stereocenters. The van der Waals surface area contributed by atoms with Crippen LogP contribution in [0.15, 0.2) is 79.0 Å². The second kappa shape index (κ2) is 10.4. The molecule has 0 bridgehead atoms. The Kier molecular flexibility index (Phi) is 6.87. The molecule has 38 heavy (non-hydrogen) atoms. The Hall–Kier alpha value is -4.59. The normalized spacial score (nSPS) is 13.5. The third-order valence-corrected chi connectivity index (χ3v) is 6.80. The van der Waals surface area contributed by atoms with Crippen molar-refractivity contribution in [2.24, 2.45) is 5.41 Å². The zero-order valence-electron chi connectivity index (χ0n) is 20.8. The molecule has 0 saturated heterocycles. The Labute approximate surface area is 219 Å². The minimum atomic E-state index is -0.926. The van der Waals surface area contributed by atoms with Gasteiger partial charge in [-0.15, -0.1) is 0 Å². The lowest BCUT2D eigenvalue weighted by Crippen LogP contribution is -2.28. The van der Waals surface area contributed by atoms with Gasteiger partial charge in [-0.3, -0.25) is 14.6 Å². The summed E-state index contributed by atoms with van der Waals surface area (Å²) >= 11 is 0. The van der Waals surface area contributed by atoms with Crippen LogP contribution in [0.1, 0.15) is 24.0 Å². The number of Topliss-reactive ketones (excluding diaryl/α,β-unsaturated/α-hetero) is 2. The summed E-state index contributed by atoms with van der Waals surface area (Å²) in [6, 6.07) is 19.8. The summed E-state index contributed by atoms with van der Waals surface area (Å²) in [6.07, 6.45) is 3.04. The molecule has 1 fully saturated rings. The fraction of sp³-hybridized carbons (Fsp3) is 0.200. The van der Waals surface area contributed by atoms with Crippen LogP contribution in [0.3, 0.4) is 0 Å². The van der Waals surface area contributed by atoms with Gasteiger partial charge in [0.25, 0.3) is 0 Å². The number of rotatable bonds is 9. The number of nitrogens with zero attached hydrogens (tertiary/aromatic N) is 1. The van der Waals surface area contributed by atoms with Crippen molar-refractivity contribution in [2.45, 2.75) is 25.7 Å². The molecule has 0 spiro atoms. The fourth-order valence-electron chi connectivity index (χ4n) is 4.43. The van der Waals surface area contributed by atoms with Gasteiger partial charge in [0.15, 0.2) is 11.6 Å². The first kappa shape index (κ1) is 25.1. The second-order valence-corrected chi connectivity index (χ2v) is 9.40. The molecule has 3 aromatic carbocycles. The van der Waals surface area contributed by atoms with E-state index >= 15 is 0 Å². The number of carbonyl (C=O) groups excluding carboxylic acids is 3.